The van der Waals surface area contributed by atoms with Gasteiger partial charge in [-0.3, -0.25) is 10.1 Å². The number of hydrogen-bond acceptors (Lipinski definition) is 4. The number of piperazine rings is 1. The van der Waals surface area contributed by atoms with Gasteiger partial charge in [-0.05, 0) is 55.8 Å². The second-order valence-corrected chi connectivity index (χ2v) is 6.54. The van der Waals surface area contributed by atoms with Gasteiger partial charge in [0.05, 0.1) is 6.61 Å². The van der Waals surface area contributed by atoms with Gasteiger partial charge in [0, 0.05) is 43.1 Å². The van der Waals surface area contributed by atoms with Crippen molar-refractivity contribution in [2.45, 2.75) is 13.8 Å². The molecule has 2 aromatic carbocycles. The molecular formula is C21H25N3O3. The largest absolute Gasteiger partial charge is 0.450 e. The van der Waals surface area contributed by atoms with Crippen LogP contribution in [0.2, 0.25) is 0 Å². The summed E-state index contributed by atoms with van der Waals surface area (Å²) in [6.45, 7) is 7.17. The Balaban J connectivity index is 1.56. The van der Waals surface area contributed by atoms with Crippen LogP contribution in [0.3, 0.4) is 0 Å². The number of ether oxygens (including phenoxy) is 1. The van der Waals surface area contributed by atoms with Crippen molar-refractivity contribution in [1.82, 2.24) is 4.90 Å². The lowest BCUT2D eigenvalue weighted by molar-refractivity contribution is 0.0747. The van der Waals surface area contributed by atoms with Crippen LogP contribution >= 0.6 is 0 Å². The first-order valence-electron chi connectivity index (χ1n) is 9.21. The van der Waals surface area contributed by atoms with Crippen molar-refractivity contribution in [2.75, 3.05) is 43.0 Å². The van der Waals surface area contributed by atoms with Gasteiger partial charge >= 0.3 is 6.09 Å². The molecule has 1 N–H and O–H groups in total. The van der Waals surface area contributed by atoms with Crippen LogP contribution in [0.1, 0.15) is 22.8 Å². The van der Waals surface area contributed by atoms with Crippen molar-refractivity contribution in [3.05, 3.63) is 59.7 Å². The number of anilines is 2. The molecular weight excluding hydrogens is 342 g/mol. The standard InChI is InChI=1S/C21H25N3O3/c1-3-27-21(26)22-18-9-7-17(8-10-18)20(25)24-13-11-23(12-14-24)19-6-4-5-16(2)15-19/h4-10,15H,3,11-14H2,1-2H3,(H,22,26). The van der Waals surface area contributed by atoms with Gasteiger partial charge < -0.3 is 14.5 Å². The Morgan fingerprint density at radius 1 is 1.04 bits per heavy atom. The summed E-state index contributed by atoms with van der Waals surface area (Å²) in [6, 6.07) is 15.3. The molecule has 6 heteroatoms. The predicted octanol–water partition coefficient (Wildman–Crippen LogP) is 3.53. The van der Waals surface area contributed by atoms with Crippen molar-refractivity contribution < 1.29 is 14.3 Å². The minimum Gasteiger partial charge on any atom is -0.450 e. The molecule has 2 amide bonds. The molecule has 0 saturated carbocycles. The normalized spacial score (nSPS) is 14.0. The molecule has 1 heterocycles. The fraction of sp³-hybridized carbons (Fsp3) is 0.333. The molecule has 0 atom stereocenters. The zero-order valence-electron chi connectivity index (χ0n) is 15.8. The van der Waals surface area contributed by atoms with Crippen molar-refractivity contribution in [3.63, 3.8) is 0 Å². The van der Waals surface area contributed by atoms with Gasteiger partial charge in [0.1, 0.15) is 0 Å². The summed E-state index contributed by atoms with van der Waals surface area (Å²) in [7, 11) is 0. The summed E-state index contributed by atoms with van der Waals surface area (Å²) in [5.41, 5.74) is 3.67. The number of carbonyl (C=O) groups excluding carboxylic acids is 2. The molecule has 1 aliphatic rings. The van der Waals surface area contributed by atoms with E-state index in [1.54, 1.807) is 31.2 Å². The van der Waals surface area contributed by atoms with E-state index in [0.29, 0.717) is 30.9 Å². The summed E-state index contributed by atoms with van der Waals surface area (Å²) >= 11 is 0. The van der Waals surface area contributed by atoms with E-state index in [2.05, 4.69) is 41.4 Å². The topological polar surface area (TPSA) is 61.9 Å². The molecule has 0 bridgehead atoms. The third kappa shape index (κ3) is 4.78. The van der Waals surface area contributed by atoms with Crippen LogP contribution in [0, 0.1) is 6.92 Å². The van der Waals surface area contributed by atoms with Gasteiger partial charge in [-0.1, -0.05) is 12.1 Å². The fourth-order valence-corrected chi connectivity index (χ4v) is 3.16. The molecule has 6 nitrogen and oxygen atoms in total. The quantitative estimate of drug-likeness (QED) is 0.898. The Bertz CT molecular complexity index is 797. The first-order chi connectivity index (χ1) is 13.1. The Hall–Kier alpha value is -3.02. The summed E-state index contributed by atoms with van der Waals surface area (Å²) in [5, 5.41) is 2.62. The SMILES string of the molecule is CCOC(=O)Nc1ccc(C(=O)N2CCN(c3cccc(C)c3)CC2)cc1. The summed E-state index contributed by atoms with van der Waals surface area (Å²) in [6.07, 6.45) is -0.496. The second-order valence-electron chi connectivity index (χ2n) is 6.54. The summed E-state index contributed by atoms with van der Waals surface area (Å²) < 4.78 is 4.84. The molecule has 142 valence electrons. The Kier molecular flexibility index (Phi) is 5.96. The van der Waals surface area contributed by atoms with Gasteiger partial charge in [0.2, 0.25) is 0 Å². The van der Waals surface area contributed by atoms with Crippen molar-refractivity contribution in [1.29, 1.82) is 0 Å². The maximum Gasteiger partial charge on any atom is 0.411 e. The van der Waals surface area contributed by atoms with E-state index in [1.807, 2.05) is 4.90 Å². The van der Waals surface area contributed by atoms with E-state index in [0.717, 1.165) is 13.1 Å². The van der Waals surface area contributed by atoms with E-state index >= 15 is 0 Å². The monoisotopic (exact) mass is 367 g/mol. The van der Waals surface area contributed by atoms with Gasteiger partial charge in [-0.15, -0.1) is 0 Å². The van der Waals surface area contributed by atoms with Crippen LogP contribution in [-0.2, 0) is 4.74 Å². The molecule has 3 rings (SSSR count). The predicted molar refractivity (Wildman–Crippen MR) is 106 cm³/mol. The van der Waals surface area contributed by atoms with E-state index in [9.17, 15) is 9.59 Å². The first-order valence-corrected chi connectivity index (χ1v) is 9.21. The average molecular weight is 367 g/mol. The fourth-order valence-electron chi connectivity index (χ4n) is 3.16. The lowest BCUT2D eigenvalue weighted by Gasteiger charge is -2.36. The molecule has 0 unspecified atom stereocenters. The number of carbonyl (C=O) groups is 2. The highest BCUT2D eigenvalue weighted by molar-refractivity contribution is 5.95. The number of aryl methyl sites for hydroxylation is 1. The number of rotatable bonds is 4. The number of amides is 2. The molecule has 1 aliphatic heterocycles. The Labute approximate surface area is 159 Å². The van der Waals surface area contributed by atoms with Crippen molar-refractivity contribution in [3.8, 4) is 0 Å². The summed E-state index contributed by atoms with van der Waals surface area (Å²) in [4.78, 5) is 28.3. The van der Waals surface area contributed by atoms with Crippen molar-refractivity contribution in [2.24, 2.45) is 0 Å². The molecule has 0 radical (unpaired) electrons. The van der Waals surface area contributed by atoms with Gasteiger partial charge in [-0.2, -0.15) is 0 Å². The highest BCUT2D eigenvalue weighted by atomic mass is 16.5. The Morgan fingerprint density at radius 3 is 2.37 bits per heavy atom. The van der Waals surface area contributed by atoms with E-state index in [4.69, 9.17) is 4.74 Å². The second kappa shape index (κ2) is 8.58. The molecule has 1 saturated heterocycles. The molecule has 2 aromatic rings. The van der Waals surface area contributed by atoms with E-state index in [1.165, 1.54) is 11.3 Å². The average Bonchev–Trinajstić information content (AvgIpc) is 2.68. The lowest BCUT2D eigenvalue weighted by atomic mass is 10.1. The maximum absolute atomic E-state index is 12.7. The maximum atomic E-state index is 12.7. The molecule has 0 aliphatic carbocycles. The minimum absolute atomic E-state index is 0.0153. The highest BCUT2D eigenvalue weighted by Crippen LogP contribution is 2.19. The van der Waals surface area contributed by atoms with E-state index in [-0.39, 0.29) is 5.91 Å². The van der Waals surface area contributed by atoms with Gasteiger partial charge in [0.25, 0.3) is 5.91 Å². The van der Waals surface area contributed by atoms with Crippen LogP contribution < -0.4 is 10.2 Å². The number of nitrogens with zero attached hydrogens (tertiary/aromatic N) is 2. The molecule has 27 heavy (non-hydrogen) atoms. The van der Waals surface area contributed by atoms with Crippen LogP contribution in [-0.4, -0.2) is 49.7 Å². The van der Waals surface area contributed by atoms with E-state index < -0.39 is 6.09 Å². The van der Waals surface area contributed by atoms with Crippen LogP contribution in [0.5, 0.6) is 0 Å². The molecule has 0 aromatic heterocycles. The third-order valence-corrected chi connectivity index (χ3v) is 4.59. The first kappa shape index (κ1) is 18.8. The smallest absolute Gasteiger partial charge is 0.411 e. The third-order valence-electron chi connectivity index (χ3n) is 4.59. The lowest BCUT2D eigenvalue weighted by Crippen LogP contribution is -2.48. The van der Waals surface area contributed by atoms with Crippen molar-refractivity contribution >= 4 is 23.4 Å². The van der Waals surface area contributed by atoms with Gasteiger partial charge in [-0.25, -0.2) is 4.79 Å². The number of benzene rings is 2. The summed E-state index contributed by atoms with van der Waals surface area (Å²) in [5.74, 6) is 0.0153. The van der Waals surface area contributed by atoms with Gasteiger partial charge in [0.15, 0.2) is 0 Å². The van der Waals surface area contributed by atoms with Crippen LogP contribution in [0.15, 0.2) is 48.5 Å². The zero-order valence-corrected chi connectivity index (χ0v) is 15.8. The zero-order chi connectivity index (χ0) is 19.2. The van der Waals surface area contributed by atoms with Crippen LogP contribution in [0.4, 0.5) is 16.2 Å². The highest BCUT2D eigenvalue weighted by Gasteiger charge is 2.22. The molecule has 1 fully saturated rings. The van der Waals surface area contributed by atoms with Crippen LogP contribution in [0.25, 0.3) is 0 Å². The minimum atomic E-state index is -0.496. The number of hydrogen-bond donors (Lipinski definition) is 1. The number of nitrogens with one attached hydrogen (secondary N) is 1. The molecule has 0 spiro atoms. The Morgan fingerprint density at radius 2 is 1.74 bits per heavy atom.